The average molecular weight is 279 g/mol. The fourth-order valence-electron chi connectivity index (χ4n) is 1.48. The molecule has 0 amide bonds. The highest BCUT2D eigenvalue weighted by molar-refractivity contribution is 6.30. The lowest BCUT2D eigenvalue weighted by molar-refractivity contribution is -0.119. The van der Waals surface area contributed by atoms with Gasteiger partial charge in [-0.25, -0.2) is 0 Å². The molecule has 0 unspecified atom stereocenters. The number of anilines is 1. The van der Waals surface area contributed by atoms with Crippen LogP contribution in [-0.2, 0) is 0 Å². The molecule has 0 fully saturated rings. The number of benzene rings is 1. The molecule has 1 aromatic carbocycles. The SMILES string of the molecule is N#Cc1ccc(Cl)cc1N(CCO)CC(F)(F)F. The summed E-state index contributed by atoms with van der Waals surface area (Å²) in [5.74, 6) is 0. The maximum absolute atomic E-state index is 12.4. The largest absolute Gasteiger partial charge is 0.405 e. The van der Waals surface area contributed by atoms with Crippen LogP contribution in [0.5, 0.6) is 0 Å². The predicted molar refractivity (Wildman–Crippen MR) is 61.5 cm³/mol. The summed E-state index contributed by atoms with van der Waals surface area (Å²) in [6.45, 7) is -1.93. The van der Waals surface area contributed by atoms with Crippen molar-refractivity contribution in [1.29, 1.82) is 5.26 Å². The van der Waals surface area contributed by atoms with E-state index in [0.29, 0.717) is 0 Å². The quantitative estimate of drug-likeness (QED) is 0.921. The third-order valence-corrected chi connectivity index (χ3v) is 2.40. The Morgan fingerprint density at radius 3 is 2.56 bits per heavy atom. The molecule has 0 saturated heterocycles. The highest BCUT2D eigenvalue weighted by Gasteiger charge is 2.31. The Kier molecular flexibility index (Phi) is 4.82. The van der Waals surface area contributed by atoms with Gasteiger partial charge in [0.15, 0.2) is 0 Å². The molecule has 0 saturated carbocycles. The zero-order valence-corrected chi connectivity index (χ0v) is 9.96. The summed E-state index contributed by atoms with van der Waals surface area (Å²) >= 11 is 5.71. The van der Waals surface area contributed by atoms with Crippen LogP contribution in [0.25, 0.3) is 0 Å². The molecule has 1 aromatic rings. The van der Waals surface area contributed by atoms with E-state index in [0.717, 1.165) is 4.90 Å². The molecule has 18 heavy (non-hydrogen) atoms. The van der Waals surface area contributed by atoms with Crippen molar-refractivity contribution in [2.45, 2.75) is 6.18 Å². The van der Waals surface area contributed by atoms with Crippen molar-refractivity contribution in [3.63, 3.8) is 0 Å². The molecular formula is C11H10ClF3N2O. The fraction of sp³-hybridized carbons (Fsp3) is 0.364. The molecule has 1 rings (SSSR count). The average Bonchev–Trinajstić information content (AvgIpc) is 2.26. The van der Waals surface area contributed by atoms with Crippen molar-refractivity contribution in [1.82, 2.24) is 0 Å². The van der Waals surface area contributed by atoms with E-state index >= 15 is 0 Å². The molecule has 0 aliphatic carbocycles. The second-order valence-electron chi connectivity index (χ2n) is 3.53. The van der Waals surface area contributed by atoms with Crippen LogP contribution in [0.3, 0.4) is 0 Å². The number of hydrogen-bond donors (Lipinski definition) is 1. The molecule has 1 N–H and O–H groups in total. The number of rotatable bonds is 4. The summed E-state index contributed by atoms with van der Waals surface area (Å²) in [4.78, 5) is 0.879. The Morgan fingerprint density at radius 1 is 1.39 bits per heavy atom. The van der Waals surface area contributed by atoms with Gasteiger partial charge in [0.25, 0.3) is 0 Å². The number of aliphatic hydroxyl groups excluding tert-OH is 1. The van der Waals surface area contributed by atoms with Crippen LogP contribution in [0.4, 0.5) is 18.9 Å². The molecule has 0 heterocycles. The lowest BCUT2D eigenvalue weighted by Crippen LogP contribution is -2.36. The second-order valence-corrected chi connectivity index (χ2v) is 3.97. The number of halogens is 4. The topological polar surface area (TPSA) is 47.3 Å². The van der Waals surface area contributed by atoms with Crippen LogP contribution in [0.15, 0.2) is 18.2 Å². The smallest absolute Gasteiger partial charge is 0.395 e. The number of alkyl halides is 3. The molecule has 0 atom stereocenters. The van der Waals surface area contributed by atoms with Gasteiger partial charge in [0, 0.05) is 11.6 Å². The number of aliphatic hydroxyl groups is 1. The first kappa shape index (κ1) is 14.6. The minimum atomic E-state index is -4.43. The normalized spacial score (nSPS) is 11.1. The molecule has 0 spiro atoms. The van der Waals surface area contributed by atoms with Crippen molar-refractivity contribution in [2.24, 2.45) is 0 Å². The summed E-state index contributed by atoms with van der Waals surface area (Å²) in [7, 11) is 0. The molecule has 0 aliphatic rings. The molecule has 3 nitrogen and oxygen atoms in total. The number of nitrogens with zero attached hydrogens (tertiary/aromatic N) is 2. The standard InChI is InChI=1S/C11H10ClF3N2O/c12-9-2-1-8(6-16)10(5-9)17(3-4-18)7-11(13,14)15/h1-2,5,18H,3-4,7H2. The van der Waals surface area contributed by atoms with E-state index in [2.05, 4.69) is 0 Å². The van der Waals surface area contributed by atoms with Crippen molar-refractivity contribution >= 4 is 17.3 Å². The zero-order valence-electron chi connectivity index (χ0n) is 9.21. The minimum Gasteiger partial charge on any atom is -0.395 e. The van der Waals surface area contributed by atoms with E-state index < -0.39 is 19.3 Å². The van der Waals surface area contributed by atoms with Gasteiger partial charge in [-0.15, -0.1) is 0 Å². The summed E-state index contributed by atoms with van der Waals surface area (Å²) in [5.41, 5.74) is 0.147. The molecule has 0 aliphatic heterocycles. The van der Waals surface area contributed by atoms with Gasteiger partial charge >= 0.3 is 6.18 Å². The summed E-state index contributed by atoms with van der Waals surface area (Å²) in [6.07, 6.45) is -4.43. The third-order valence-electron chi connectivity index (χ3n) is 2.16. The molecule has 0 radical (unpaired) electrons. The van der Waals surface area contributed by atoms with Gasteiger partial charge in [0.2, 0.25) is 0 Å². The van der Waals surface area contributed by atoms with E-state index in [1.807, 2.05) is 0 Å². The highest BCUT2D eigenvalue weighted by Crippen LogP contribution is 2.27. The Labute approximate surface area is 107 Å². The maximum atomic E-state index is 12.4. The molecule has 0 aromatic heterocycles. The second kappa shape index (κ2) is 5.94. The zero-order chi connectivity index (χ0) is 13.8. The first-order valence-corrected chi connectivity index (χ1v) is 5.37. The van der Waals surface area contributed by atoms with Gasteiger partial charge in [0.1, 0.15) is 12.6 Å². The highest BCUT2D eigenvalue weighted by atomic mass is 35.5. The third kappa shape index (κ3) is 4.09. The molecule has 7 heteroatoms. The van der Waals surface area contributed by atoms with Crippen LogP contribution in [0.2, 0.25) is 5.02 Å². The van der Waals surface area contributed by atoms with Crippen molar-refractivity contribution in [2.75, 3.05) is 24.6 Å². The van der Waals surface area contributed by atoms with Crippen molar-refractivity contribution in [3.05, 3.63) is 28.8 Å². The fourth-order valence-corrected chi connectivity index (χ4v) is 1.65. The van der Waals surface area contributed by atoms with Crippen molar-refractivity contribution < 1.29 is 18.3 Å². The van der Waals surface area contributed by atoms with Gasteiger partial charge < -0.3 is 10.0 Å². The lowest BCUT2D eigenvalue weighted by atomic mass is 10.1. The number of nitriles is 1. The van der Waals surface area contributed by atoms with Crippen LogP contribution < -0.4 is 4.90 Å². The summed E-state index contributed by atoms with van der Waals surface area (Å²) in [6, 6.07) is 5.85. The van der Waals surface area contributed by atoms with E-state index in [9.17, 15) is 13.2 Å². The Balaban J connectivity index is 3.12. The van der Waals surface area contributed by atoms with Gasteiger partial charge in [0.05, 0.1) is 17.9 Å². The lowest BCUT2D eigenvalue weighted by Gasteiger charge is -2.26. The van der Waals surface area contributed by atoms with E-state index in [4.69, 9.17) is 22.0 Å². The van der Waals surface area contributed by atoms with E-state index in [1.165, 1.54) is 18.2 Å². The van der Waals surface area contributed by atoms with E-state index in [-0.39, 0.29) is 22.8 Å². The van der Waals surface area contributed by atoms with Crippen LogP contribution in [0, 0.1) is 11.3 Å². The monoisotopic (exact) mass is 278 g/mol. The first-order chi connectivity index (χ1) is 8.37. The Bertz CT molecular complexity index is 457. The summed E-state index contributed by atoms with van der Waals surface area (Å²) in [5, 5.41) is 17.9. The number of hydrogen-bond acceptors (Lipinski definition) is 3. The van der Waals surface area contributed by atoms with Gasteiger partial charge in [-0.1, -0.05) is 11.6 Å². The Hall–Kier alpha value is -1.45. The van der Waals surface area contributed by atoms with Gasteiger partial charge in [-0.2, -0.15) is 18.4 Å². The first-order valence-electron chi connectivity index (χ1n) is 4.99. The Morgan fingerprint density at radius 2 is 2.06 bits per heavy atom. The van der Waals surface area contributed by atoms with Gasteiger partial charge in [-0.05, 0) is 18.2 Å². The van der Waals surface area contributed by atoms with Crippen molar-refractivity contribution in [3.8, 4) is 6.07 Å². The molecular weight excluding hydrogens is 269 g/mol. The minimum absolute atomic E-state index is 0.0661. The van der Waals surface area contributed by atoms with E-state index in [1.54, 1.807) is 6.07 Å². The maximum Gasteiger partial charge on any atom is 0.405 e. The van der Waals surface area contributed by atoms with Crippen LogP contribution >= 0.6 is 11.6 Å². The molecule has 98 valence electrons. The summed E-state index contributed by atoms with van der Waals surface area (Å²) < 4.78 is 37.2. The van der Waals surface area contributed by atoms with Crippen LogP contribution in [-0.4, -0.2) is 31.0 Å². The predicted octanol–water partition coefficient (Wildman–Crippen LogP) is 2.57. The molecule has 0 bridgehead atoms. The van der Waals surface area contributed by atoms with Gasteiger partial charge in [-0.3, -0.25) is 0 Å². The van der Waals surface area contributed by atoms with Crippen LogP contribution in [0.1, 0.15) is 5.56 Å².